The molecule has 0 saturated carbocycles. The maximum Gasteiger partial charge on any atom is 0.0177 e. The molecule has 0 spiro atoms. The number of nitrogens with two attached hydrogens (primary N) is 4. The van der Waals surface area contributed by atoms with E-state index in [1.165, 1.54) is 0 Å². The Balaban J connectivity index is 3.27. The van der Waals surface area contributed by atoms with Crippen molar-refractivity contribution in [2.75, 3.05) is 13.1 Å². The summed E-state index contributed by atoms with van der Waals surface area (Å²) in [5, 5.41) is 0. The lowest BCUT2D eigenvalue weighted by atomic mass is 10.0. The molecule has 8 N–H and O–H groups in total. The molecule has 4 heteroatoms. The monoisotopic (exact) mass is 160 g/mol. The van der Waals surface area contributed by atoms with Crippen LogP contribution in [-0.2, 0) is 0 Å². The van der Waals surface area contributed by atoms with E-state index < -0.39 is 0 Å². The first-order valence-corrected chi connectivity index (χ1v) is 4.12. The van der Waals surface area contributed by atoms with Crippen molar-refractivity contribution in [1.29, 1.82) is 0 Å². The van der Waals surface area contributed by atoms with Crippen molar-refractivity contribution in [2.45, 2.75) is 31.3 Å². The zero-order valence-electron chi connectivity index (χ0n) is 7.00. The van der Waals surface area contributed by atoms with Crippen LogP contribution < -0.4 is 22.9 Å². The highest BCUT2D eigenvalue weighted by Gasteiger charge is 2.06. The van der Waals surface area contributed by atoms with E-state index in [0.717, 1.165) is 19.3 Å². The normalized spacial score (nSPS) is 16.4. The van der Waals surface area contributed by atoms with E-state index in [2.05, 4.69) is 0 Å². The Bertz CT molecular complexity index is 86.5. The van der Waals surface area contributed by atoms with Gasteiger partial charge in [0, 0.05) is 18.6 Å². The Labute approximate surface area is 68.3 Å². The summed E-state index contributed by atoms with van der Waals surface area (Å²) in [5.74, 6) is 0. The van der Waals surface area contributed by atoms with Crippen LogP contribution in [-0.4, -0.2) is 25.2 Å². The molecule has 0 aliphatic carbocycles. The van der Waals surface area contributed by atoms with E-state index >= 15 is 0 Å². The van der Waals surface area contributed by atoms with E-state index in [1.807, 2.05) is 0 Å². The van der Waals surface area contributed by atoms with E-state index in [-0.39, 0.29) is 12.1 Å². The summed E-state index contributed by atoms with van der Waals surface area (Å²) in [6, 6.07) is 0.208. The summed E-state index contributed by atoms with van der Waals surface area (Å²) in [6.45, 7) is 1.21. The zero-order valence-corrected chi connectivity index (χ0v) is 7.00. The standard InChI is InChI=1S/C7H20N4/c8-3-1-2-6(10)4-7(11)5-9/h6-7H,1-5,8-11H2. The highest BCUT2D eigenvalue weighted by atomic mass is 14.7. The third-order valence-corrected chi connectivity index (χ3v) is 1.69. The van der Waals surface area contributed by atoms with Gasteiger partial charge in [-0.25, -0.2) is 0 Å². The molecule has 0 bridgehead atoms. The van der Waals surface area contributed by atoms with E-state index in [4.69, 9.17) is 22.9 Å². The number of hydrogen-bond donors (Lipinski definition) is 4. The van der Waals surface area contributed by atoms with Gasteiger partial charge in [0.2, 0.25) is 0 Å². The van der Waals surface area contributed by atoms with Crippen molar-refractivity contribution in [1.82, 2.24) is 0 Å². The fraction of sp³-hybridized carbons (Fsp3) is 1.00. The Morgan fingerprint density at radius 2 is 1.64 bits per heavy atom. The molecule has 4 nitrogen and oxygen atoms in total. The summed E-state index contributed by atoms with van der Waals surface area (Å²) < 4.78 is 0. The molecular weight excluding hydrogens is 140 g/mol. The molecule has 0 fully saturated rings. The van der Waals surface area contributed by atoms with Gasteiger partial charge in [0.05, 0.1) is 0 Å². The van der Waals surface area contributed by atoms with Crippen molar-refractivity contribution < 1.29 is 0 Å². The molecule has 0 amide bonds. The van der Waals surface area contributed by atoms with Crippen LogP contribution in [0.2, 0.25) is 0 Å². The molecule has 0 aromatic heterocycles. The van der Waals surface area contributed by atoms with Gasteiger partial charge in [0.15, 0.2) is 0 Å². The second-order valence-electron chi connectivity index (χ2n) is 2.92. The van der Waals surface area contributed by atoms with Crippen molar-refractivity contribution >= 4 is 0 Å². The van der Waals surface area contributed by atoms with E-state index in [0.29, 0.717) is 13.1 Å². The lowest BCUT2D eigenvalue weighted by Crippen LogP contribution is -2.36. The van der Waals surface area contributed by atoms with Gasteiger partial charge in [-0.05, 0) is 25.8 Å². The third kappa shape index (κ3) is 6.25. The minimum Gasteiger partial charge on any atom is -0.330 e. The summed E-state index contributed by atoms with van der Waals surface area (Å²) >= 11 is 0. The van der Waals surface area contributed by atoms with E-state index in [1.54, 1.807) is 0 Å². The first-order chi connectivity index (χ1) is 5.20. The van der Waals surface area contributed by atoms with Crippen LogP contribution >= 0.6 is 0 Å². The van der Waals surface area contributed by atoms with Crippen molar-refractivity contribution in [3.05, 3.63) is 0 Å². The van der Waals surface area contributed by atoms with Gasteiger partial charge in [-0.1, -0.05) is 0 Å². The molecule has 0 aliphatic heterocycles. The number of rotatable bonds is 6. The van der Waals surface area contributed by atoms with Crippen molar-refractivity contribution in [2.24, 2.45) is 22.9 Å². The highest BCUT2D eigenvalue weighted by molar-refractivity contribution is 4.71. The largest absolute Gasteiger partial charge is 0.330 e. The zero-order chi connectivity index (χ0) is 8.69. The van der Waals surface area contributed by atoms with Gasteiger partial charge in [0.25, 0.3) is 0 Å². The van der Waals surface area contributed by atoms with Crippen LogP contribution in [0, 0.1) is 0 Å². The van der Waals surface area contributed by atoms with Crippen molar-refractivity contribution in [3.63, 3.8) is 0 Å². The molecular formula is C7H20N4. The molecule has 0 radical (unpaired) electrons. The predicted octanol–water partition coefficient (Wildman–Crippen LogP) is -1.27. The fourth-order valence-corrected chi connectivity index (χ4v) is 0.983. The summed E-state index contributed by atoms with van der Waals surface area (Å²) in [7, 11) is 0. The van der Waals surface area contributed by atoms with Gasteiger partial charge in [-0.15, -0.1) is 0 Å². The first kappa shape index (κ1) is 10.8. The topological polar surface area (TPSA) is 104 Å². The molecule has 0 rings (SSSR count). The second-order valence-corrected chi connectivity index (χ2v) is 2.92. The minimum absolute atomic E-state index is 0.0442. The summed E-state index contributed by atoms with van der Waals surface area (Å²) in [5.41, 5.74) is 22.0. The van der Waals surface area contributed by atoms with Crippen molar-refractivity contribution in [3.8, 4) is 0 Å². The van der Waals surface area contributed by atoms with Crippen LogP contribution in [0.4, 0.5) is 0 Å². The maximum atomic E-state index is 5.75. The van der Waals surface area contributed by atoms with Crippen LogP contribution in [0.15, 0.2) is 0 Å². The fourth-order valence-electron chi connectivity index (χ4n) is 0.983. The van der Waals surface area contributed by atoms with Crippen LogP contribution in [0.3, 0.4) is 0 Å². The van der Waals surface area contributed by atoms with Crippen LogP contribution in [0.1, 0.15) is 19.3 Å². The van der Waals surface area contributed by atoms with Gasteiger partial charge < -0.3 is 22.9 Å². The molecule has 2 atom stereocenters. The Kier molecular flexibility index (Phi) is 6.45. The average molecular weight is 160 g/mol. The molecule has 0 saturated heterocycles. The first-order valence-electron chi connectivity index (χ1n) is 4.12. The van der Waals surface area contributed by atoms with E-state index in [9.17, 15) is 0 Å². The molecule has 2 unspecified atom stereocenters. The third-order valence-electron chi connectivity index (χ3n) is 1.69. The Hall–Kier alpha value is -0.160. The van der Waals surface area contributed by atoms with Gasteiger partial charge in [-0.2, -0.15) is 0 Å². The SMILES string of the molecule is NCCCC(N)CC(N)CN. The molecule has 0 aromatic rings. The highest BCUT2D eigenvalue weighted by Crippen LogP contribution is 1.99. The molecule has 0 aliphatic rings. The second kappa shape index (κ2) is 6.54. The Morgan fingerprint density at radius 1 is 1.00 bits per heavy atom. The smallest absolute Gasteiger partial charge is 0.0177 e. The Morgan fingerprint density at radius 3 is 2.09 bits per heavy atom. The van der Waals surface area contributed by atoms with Gasteiger partial charge >= 0.3 is 0 Å². The maximum absolute atomic E-state index is 5.75. The summed E-state index contributed by atoms with van der Waals surface area (Å²) in [4.78, 5) is 0. The average Bonchev–Trinajstić information content (AvgIpc) is 2.00. The lowest BCUT2D eigenvalue weighted by Gasteiger charge is -2.14. The summed E-state index contributed by atoms with van der Waals surface area (Å²) in [6.07, 6.45) is 2.72. The molecule has 0 heterocycles. The van der Waals surface area contributed by atoms with Gasteiger partial charge in [0.1, 0.15) is 0 Å². The predicted molar refractivity (Wildman–Crippen MR) is 47.9 cm³/mol. The number of hydrogen-bond acceptors (Lipinski definition) is 4. The molecule has 0 aromatic carbocycles. The molecule has 11 heavy (non-hydrogen) atoms. The van der Waals surface area contributed by atoms with Crippen LogP contribution in [0.5, 0.6) is 0 Å². The lowest BCUT2D eigenvalue weighted by molar-refractivity contribution is 0.491. The quantitative estimate of drug-likeness (QED) is 0.389. The minimum atomic E-state index is 0.0442. The van der Waals surface area contributed by atoms with Crippen LogP contribution in [0.25, 0.3) is 0 Å². The molecule has 68 valence electrons. The van der Waals surface area contributed by atoms with Gasteiger partial charge in [-0.3, -0.25) is 0 Å².